The molecule has 0 unspecified atom stereocenters. The number of nitrogens with zero attached hydrogens (tertiary/aromatic N) is 3. The van der Waals surface area contributed by atoms with E-state index in [9.17, 15) is 9.59 Å². The molecule has 0 saturated heterocycles. The van der Waals surface area contributed by atoms with Crippen LogP contribution in [0.3, 0.4) is 0 Å². The summed E-state index contributed by atoms with van der Waals surface area (Å²) in [5.74, 6) is -0.349. The lowest BCUT2D eigenvalue weighted by Gasteiger charge is -2.06. The smallest absolute Gasteiger partial charge is 0.365 e. The predicted octanol–water partition coefficient (Wildman–Crippen LogP) is 3.08. The van der Waals surface area contributed by atoms with Crippen LogP contribution in [0.25, 0.3) is 16.7 Å². The van der Waals surface area contributed by atoms with Gasteiger partial charge in [-0.3, -0.25) is 0 Å². The minimum atomic E-state index is -0.634. The van der Waals surface area contributed by atoms with E-state index in [2.05, 4.69) is 10.2 Å². The van der Waals surface area contributed by atoms with Crippen molar-refractivity contribution in [1.29, 1.82) is 0 Å². The van der Waals surface area contributed by atoms with Crippen LogP contribution in [0.1, 0.15) is 28.0 Å². The van der Waals surface area contributed by atoms with Crippen molar-refractivity contribution in [2.75, 3.05) is 0 Å². The number of carbonyl (C=O) groups is 1. The molecule has 4 aromatic rings. The minimum absolute atomic E-state index is 0.0827. The summed E-state index contributed by atoms with van der Waals surface area (Å²) >= 11 is 0. The first-order valence-corrected chi connectivity index (χ1v) is 8.97. The maximum absolute atomic E-state index is 12.4. The lowest BCUT2D eigenvalue weighted by molar-refractivity contribution is 0.0728. The van der Waals surface area contributed by atoms with Crippen LogP contribution in [0.5, 0.6) is 5.75 Å². The van der Waals surface area contributed by atoms with Gasteiger partial charge in [0.1, 0.15) is 11.3 Å². The van der Waals surface area contributed by atoms with Gasteiger partial charge in [0.2, 0.25) is 0 Å². The van der Waals surface area contributed by atoms with E-state index in [1.807, 2.05) is 36.4 Å². The summed E-state index contributed by atoms with van der Waals surface area (Å²) in [5, 5.41) is 9.14. The van der Waals surface area contributed by atoms with E-state index in [4.69, 9.17) is 9.15 Å². The fourth-order valence-electron chi connectivity index (χ4n) is 3.53. The molecule has 0 atom stereocenters. The van der Waals surface area contributed by atoms with E-state index in [-0.39, 0.29) is 17.1 Å². The second-order valence-corrected chi connectivity index (χ2v) is 6.60. The predicted molar refractivity (Wildman–Crippen MR) is 101 cm³/mol. The maximum Gasteiger partial charge on any atom is 0.365 e. The Kier molecular flexibility index (Phi) is 3.79. The van der Waals surface area contributed by atoms with Crippen LogP contribution in [-0.4, -0.2) is 21.0 Å². The van der Waals surface area contributed by atoms with Gasteiger partial charge in [0.25, 0.3) is 0 Å². The van der Waals surface area contributed by atoms with Gasteiger partial charge in [-0.15, -0.1) is 5.10 Å². The second-order valence-electron chi connectivity index (χ2n) is 6.60. The monoisotopic (exact) mass is 373 g/mol. The third-order valence-electron chi connectivity index (χ3n) is 4.84. The molecule has 2 heterocycles. The molecule has 7 heteroatoms. The largest absolute Gasteiger partial charge is 0.422 e. The average Bonchev–Trinajstić information content (AvgIpc) is 3.39. The van der Waals surface area contributed by atoms with Crippen molar-refractivity contribution < 1.29 is 13.9 Å². The maximum atomic E-state index is 12.4. The topological polar surface area (TPSA) is 87.2 Å². The number of aryl methyl sites for hydroxylation is 1. The molecular weight excluding hydrogens is 358 g/mol. The fourth-order valence-corrected chi connectivity index (χ4v) is 3.53. The molecule has 0 fully saturated rings. The lowest BCUT2D eigenvalue weighted by atomic mass is 10.1. The Bertz CT molecular complexity index is 1260. The molecule has 0 aliphatic heterocycles. The van der Waals surface area contributed by atoms with Gasteiger partial charge in [0.05, 0.1) is 11.9 Å². The number of esters is 1. The second kappa shape index (κ2) is 6.45. The molecule has 0 amide bonds. The number of rotatable bonds is 3. The van der Waals surface area contributed by atoms with E-state index in [1.54, 1.807) is 12.1 Å². The van der Waals surface area contributed by atoms with Crippen LogP contribution < -0.4 is 10.4 Å². The van der Waals surface area contributed by atoms with Crippen LogP contribution >= 0.6 is 0 Å². The standard InChI is InChI=1S/C21H15N3O4/c25-20-17-8-4-7-15(17)16-10-9-14(11-19(16)28-20)27-21(26)18-12-22-24(23-18)13-5-2-1-3-6-13/h1-3,5-6,9-12H,4,7-8H2. The molecule has 0 bridgehead atoms. The van der Waals surface area contributed by atoms with E-state index in [1.165, 1.54) is 11.0 Å². The number of aromatic nitrogens is 3. The first-order valence-electron chi connectivity index (χ1n) is 8.97. The third kappa shape index (κ3) is 2.77. The summed E-state index contributed by atoms with van der Waals surface area (Å²) in [6.07, 6.45) is 3.91. The summed E-state index contributed by atoms with van der Waals surface area (Å²) in [4.78, 5) is 25.9. The molecule has 0 spiro atoms. The number of hydrogen-bond donors (Lipinski definition) is 0. The summed E-state index contributed by atoms with van der Waals surface area (Å²) < 4.78 is 10.8. The zero-order chi connectivity index (χ0) is 19.1. The van der Waals surface area contributed by atoms with Gasteiger partial charge in [-0.2, -0.15) is 9.90 Å². The molecule has 5 rings (SSSR count). The molecule has 1 aliphatic rings. The van der Waals surface area contributed by atoms with Crippen molar-refractivity contribution in [2.45, 2.75) is 19.3 Å². The number of fused-ring (bicyclic) bond motifs is 3. The van der Waals surface area contributed by atoms with Crippen molar-refractivity contribution in [2.24, 2.45) is 0 Å². The highest BCUT2D eigenvalue weighted by Crippen LogP contribution is 2.29. The fraction of sp³-hybridized carbons (Fsp3) is 0.143. The minimum Gasteiger partial charge on any atom is -0.422 e. The van der Waals surface area contributed by atoms with Crippen LogP contribution in [-0.2, 0) is 12.8 Å². The van der Waals surface area contributed by atoms with Crippen LogP contribution in [0.2, 0.25) is 0 Å². The van der Waals surface area contributed by atoms with Gasteiger partial charge in [-0.1, -0.05) is 18.2 Å². The third-order valence-corrected chi connectivity index (χ3v) is 4.84. The van der Waals surface area contributed by atoms with Crippen LogP contribution in [0.15, 0.2) is 63.9 Å². The van der Waals surface area contributed by atoms with Crippen molar-refractivity contribution in [3.8, 4) is 11.4 Å². The molecule has 0 saturated carbocycles. The van der Waals surface area contributed by atoms with Gasteiger partial charge >= 0.3 is 11.6 Å². The molecule has 2 aromatic carbocycles. The zero-order valence-electron chi connectivity index (χ0n) is 14.8. The van der Waals surface area contributed by atoms with E-state index in [0.717, 1.165) is 41.5 Å². The van der Waals surface area contributed by atoms with Crippen molar-refractivity contribution >= 4 is 16.9 Å². The molecule has 28 heavy (non-hydrogen) atoms. The van der Waals surface area contributed by atoms with Gasteiger partial charge in [-0.05, 0) is 49.1 Å². The Morgan fingerprint density at radius 3 is 2.75 bits per heavy atom. The molecule has 1 aliphatic carbocycles. The van der Waals surface area contributed by atoms with Gasteiger partial charge < -0.3 is 9.15 Å². The SMILES string of the molecule is O=C(Oc1ccc2c3c(c(=O)oc2c1)CCC3)c1cnn(-c2ccccc2)n1. The van der Waals surface area contributed by atoms with E-state index < -0.39 is 5.97 Å². The number of hydrogen-bond acceptors (Lipinski definition) is 6. The van der Waals surface area contributed by atoms with Gasteiger partial charge in [0.15, 0.2) is 5.69 Å². The first-order chi connectivity index (χ1) is 13.7. The van der Waals surface area contributed by atoms with Crippen molar-refractivity contribution in [3.05, 3.63) is 82.0 Å². The highest BCUT2D eigenvalue weighted by atomic mass is 16.5. The highest BCUT2D eigenvalue weighted by Gasteiger charge is 2.20. The molecule has 0 radical (unpaired) electrons. The van der Waals surface area contributed by atoms with Crippen molar-refractivity contribution in [3.63, 3.8) is 0 Å². The number of carbonyl (C=O) groups excluding carboxylic acids is 1. The van der Waals surface area contributed by atoms with E-state index in [0.29, 0.717) is 5.58 Å². The number of para-hydroxylation sites is 1. The molecule has 0 N–H and O–H groups in total. The average molecular weight is 373 g/mol. The molecule has 138 valence electrons. The number of ether oxygens (including phenoxy) is 1. The Morgan fingerprint density at radius 2 is 1.89 bits per heavy atom. The van der Waals surface area contributed by atoms with Gasteiger partial charge in [0, 0.05) is 17.0 Å². The summed E-state index contributed by atoms with van der Waals surface area (Å²) in [6, 6.07) is 14.3. The normalized spacial score (nSPS) is 12.9. The van der Waals surface area contributed by atoms with Gasteiger partial charge in [-0.25, -0.2) is 9.59 Å². The number of benzene rings is 2. The first kappa shape index (κ1) is 16.4. The van der Waals surface area contributed by atoms with E-state index >= 15 is 0 Å². The van der Waals surface area contributed by atoms with Crippen LogP contribution in [0, 0.1) is 0 Å². The molecular formula is C21H15N3O4. The summed E-state index contributed by atoms with van der Waals surface area (Å²) in [5.41, 5.74) is 2.73. The quantitative estimate of drug-likeness (QED) is 0.312. The Balaban J connectivity index is 1.42. The zero-order valence-corrected chi connectivity index (χ0v) is 14.8. The summed E-state index contributed by atoms with van der Waals surface area (Å²) in [6.45, 7) is 0. The Labute approximate surface area is 159 Å². The Morgan fingerprint density at radius 1 is 1.07 bits per heavy atom. The molecule has 2 aromatic heterocycles. The molecule has 7 nitrogen and oxygen atoms in total. The lowest BCUT2D eigenvalue weighted by Crippen LogP contribution is -2.11. The van der Waals surface area contributed by atoms with Crippen molar-refractivity contribution in [1.82, 2.24) is 15.0 Å². The summed E-state index contributed by atoms with van der Waals surface area (Å²) in [7, 11) is 0. The Hall–Kier alpha value is -3.74. The highest BCUT2D eigenvalue weighted by molar-refractivity contribution is 5.90. The van der Waals surface area contributed by atoms with Crippen LogP contribution in [0.4, 0.5) is 0 Å².